The van der Waals surface area contributed by atoms with Gasteiger partial charge in [-0.3, -0.25) is 14.4 Å². The zero-order valence-electron chi connectivity index (χ0n) is 15.2. The molecule has 1 N–H and O–H groups in total. The maximum Gasteiger partial charge on any atom is 0.306 e. The summed E-state index contributed by atoms with van der Waals surface area (Å²) in [5, 5.41) is 2.95. The Morgan fingerprint density at radius 2 is 1.70 bits per heavy atom. The van der Waals surface area contributed by atoms with Crippen LogP contribution in [0.25, 0.3) is 0 Å². The van der Waals surface area contributed by atoms with Crippen molar-refractivity contribution in [3.8, 4) is 0 Å². The molecule has 0 aliphatic carbocycles. The van der Waals surface area contributed by atoms with Gasteiger partial charge in [0, 0.05) is 12.0 Å². The maximum absolute atomic E-state index is 12.1. The Bertz CT molecular complexity index is 802. The van der Waals surface area contributed by atoms with E-state index in [0.29, 0.717) is 16.3 Å². The van der Waals surface area contributed by atoms with Crippen LogP contribution in [0.4, 0.5) is 5.69 Å². The van der Waals surface area contributed by atoms with E-state index >= 15 is 0 Å². The fourth-order valence-electron chi connectivity index (χ4n) is 2.47. The number of esters is 1. The number of nitrogens with one attached hydrogen (secondary N) is 1. The lowest BCUT2D eigenvalue weighted by molar-refractivity contribution is -0.147. The fraction of sp³-hybridized carbons (Fsp3) is 0.286. The number of hydrogen-bond donors (Lipinski definition) is 1. The number of Topliss-reactive ketones (excluding diaryl/α,β-unsaturated/α-hetero) is 1. The van der Waals surface area contributed by atoms with Gasteiger partial charge in [0.1, 0.15) is 0 Å². The molecule has 6 heteroatoms. The largest absolute Gasteiger partial charge is 0.456 e. The molecule has 0 aliphatic heterocycles. The predicted molar refractivity (Wildman–Crippen MR) is 105 cm³/mol. The number of ketones is 1. The Morgan fingerprint density at radius 3 is 2.37 bits per heavy atom. The average molecular weight is 388 g/mol. The molecule has 0 spiro atoms. The maximum atomic E-state index is 12.1. The highest BCUT2D eigenvalue weighted by Crippen LogP contribution is 2.20. The van der Waals surface area contributed by atoms with Crippen LogP contribution in [0, 0.1) is 0 Å². The van der Waals surface area contributed by atoms with Gasteiger partial charge in [-0.2, -0.15) is 0 Å². The SMILES string of the molecule is CCCc1ccc(C(=O)CCC(=O)OCC(=O)Nc2ccccc2Cl)cc1. The van der Waals surface area contributed by atoms with Crippen molar-refractivity contribution in [1.82, 2.24) is 0 Å². The van der Waals surface area contributed by atoms with Crippen LogP contribution < -0.4 is 5.32 Å². The molecule has 0 saturated carbocycles. The highest BCUT2D eigenvalue weighted by atomic mass is 35.5. The number of para-hydroxylation sites is 1. The molecule has 0 aromatic heterocycles. The monoisotopic (exact) mass is 387 g/mol. The number of benzene rings is 2. The Labute approximate surface area is 163 Å². The molecule has 0 bridgehead atoms. The van der Waals surface area contributed by atoms with E-state index in [1.165, 1.54) is 5.56 Å². The van der Waals surface area contributed by atoms with Gasteiger partial charge in [-0.05, 0) is 24.1 Å². The fourth-order valence-corrected chi connectivity index (χ4v) is 2.66. The molecule has 2 aromatic carbocycles. The van der Waals surface area contributed by atoms with Crippen molar-refractivity contribution in [2.24, 2.45) is 0 Å². The molecule has 2 aromatic rings. The summed E-state index contributed by atoms with van der Waals surface area (Å²) in [6, 6.07) is 14.2. The zero-order valence-corrected chi connectivity index (χ0v) is 15.9. The Hall–Kier alpha value is -2.66. The summed E-state index contributed by atoms with van der Waals surface area (Å²) < 4.78 is 4.91. The van der Waals surface area contributed by atoms with E-state index in [1.807, 2.05) is 12.1 Å². The summed E-state index contributed by atoms with van der Waals surface area (Å²) in [4.78, 5) is 35.7. The van der Waals surface area contributed by atoms with Crippen LogP contribution in [0.1, 0.15) is 42.1 Å². The number of anilines is 1. The van der Waals surface area contributed by atoms with E-state index in [1.54, 1.807) is 36.4 Å². The number of carbonyl (C=O) groups excluding carboxylic acids is 3. The van der Waals surface area contributed by atoms with E-state index < -0.39 is 18.5 Å². The molecular weight excluding hydrogens is 366 g/mol. The van der Waals surface area contributed by atoms with Crippen LogP contribution in [0.3, 0.4) is 0 Å². The summed E-state index contributed by atoms with van der Waals surface area (Å²) in [7, 11) is 0. The molecule has 0 heterocycles. The normalized spacial score (nSPS) is 10.3. The molecule has 0 fully saturated rings. The summed E-state index contributed by atoms with van der Waals surface area (Å²) in [5.41, 5.74) is 2.19. The van der Waals surface area contributed by atoms with E-state index in [0.717, 1.165) is 12.8 Å². The molecule has 0 aliphatic rings. The number of aryl methyl sites for hydroxylation is 1. The first-order valence-corrected chi connectivity index (χ1v) is 9.19. The second-order valence-corrected chi connectivity index (χ2v) is 6.47. The lowest BCUT2D eigenvalue weighted by atomic mass is 10.0. The van der Waals surface area contributed by atoms with Crippen molar-refractivity contribution in [1.29, 1.82) is 0 Å². The lowest BCUT2D eigenvalue weighted by Crippen LogP contribution is -2.21. The zero-order chi connectivity index (χ0) is 19.6. The van der Waals surface area contributed by atoms with Gasteiger partial charge < -0.3 is 10.1 Å². The van der Waals surface area contributed by atoms with Gasteiger partial charge in [0.2, 0.25) is 0 Å². The third-order valence-corrected chi connectivity index (χ3v) is 4.21. The molecule has 27 heavy (non-hydrogen) atoms. The minimum absolute atomic E-state index is 0.0398. The molecular formula is C21H22ClNO4. The van der Waals surface area contributed by atoms with Crippen molar-refractivity contribution in [2.45, 2.75) is 32.6 Å². The van der Waals surface area contributed by atoms with Gasteiger partial charge in [-0.1, -0.05) is 61.3 Å². The van der Waals surface area contributed by atoms with Crippen LogP contribution in [-0.4, -0.2) is 24.3 Å². The molecule has 1 amide bonds. The first kappa shape index (κ1) is 20.6. The van der Waals surface area contributed by atoms with E-state index in [9.17, 15) is 14.4 Å². The van der Waals surface area contributed by atoms with Crippen LogP contribution in [0.5, 0.6) is 0 Å². The third kappa shape index (κ3) is 6.87. The Balaban J connectivity index is 1.73. The quantitative estimate of drug-likeness (QED) is 0.510. The van der Waals surface area contributed by atoms with Crippen LogP contribution >= 0.6 is 11.6 Å². The first-order valence-electron chi connectivity index (χ1n) is 8.81. The molecule has 0 atom stereocenters. The van der Waals surface area contributed by atoms with Crippen molar-refractivity contribution in [3.05, 3.63) is 64.7 Å². The summed E-state index contributed by atoms with van der Waals surface area (Å²) >= 11 is 5.94. The lowest BCUT2D eigenvalue weighted by Gasteiger charge is -2.08. The molecule has 0 saturated heterocycles. The van der Waals surface area contributed by atoms with Crippen molar-refractivity contribution >= 4 is 34.9 Å². The van der Waals surface area contributed by atoms with Crippen molar-refractivity contribution < 1.29 is 19.1 Å². The Kier molecular flexibility index (Phi) is 8.01. The number of carbonyl (C=O) groups is 3. The second kappa shape index (κ2) is 10.5. The highest BCUT2D eigenvalue weighted by molar-refractivity contribution is 6.33. The van der Waals surface area contributed by atoms with Gasteiger partial charge in [0.25, 0.3) is 5.91 Å². The second-order valence-electron chi connectivity index (χ2n) is 6.06. The molecule has 2 rings (SSSR count). The van der Waals surface area contributed by atoms with E-state index in [-0.39, 0.29) is 18.6 Å². The summed E-state index contributed by atoms with van der Waals surface area (Å²) in [5.74, 6) is -1.22. The van der Waals surface area contributed by atoms with Crippen LogP contribution in [0.2, 0.25) is 5.02 Å². The van der Waals surface area contributed by atoms with E-state index in [2.05, 4.69) is 12.2 Å². The molecule has 142 valence electrons. The number of hydrogen-bond acceptors (Lipinski definition) is 4. The van der Waals surface area contributed by atoms with Crippen LogP contribution in [-0.2, 0) is 20.7 Å². The highest BCUT2D eigenvalue weighted by Gasteiger charge is 2.12. The number of amides is 1. The summed E-state index contributed by atoms with van der Waals surface area (Å²) in [6.07, 6.45) is 1.98. The smallest absolute Gasteiger partial charge is 0.306 e. The van der Waals surface area contributed by atoms with Crippen LogP contribution in [0.15, 0.2) is 48.5 Å². The van der Waals surface area contributed by atoms with Crippen molar-refractivity contribution in [3.63, 3.8) is 0 Å². The molecule has 0 radical (unpaired) electrons. The van der Waals surface area contributed by atoms with Gasteiger partial charge in [-0.15, -0.1) is 0 Å². The van der Waals surface area contributed by atoms with Gasteiger partial charge in [0.05, 0.1) is 17.1 Å². The predicted octanol–water partition coefficient (Wildman–Crippen LogP) is 4.44. The number of rotatable bonds is 9. The number of halogens is 1. The first-order chi connectivity index (χ1) is 13.0. The minimum atomic E-state index is -0.597. The standard InChI is InChI=1S/C21H22ClNO4/c1-2-5-15-8-10-16(11-9-15)19(24)12-13-21(26)27-14-20(25)23-18-7-4-3-6-17(18)22/h3-4,6-11H,2,5,12-14H2,1H3,(H,23,25). The average Bonchev–Trinajstić information content (AvgIpc) is 2.67. The third-order valence-electron chi connectivity index (χ3n) is 3.88. The van der Waals surface area contributed by atoms with Gasteiger partial charge in [-0.25, -0.2) is 0 Å². The number of ether oxygens (including phenoxy) is 1. The summed E-state index contributed by atoms with van der Waals surface area (Å²) in [6.45, 7) is 1.67. The molecule has 0 unspecified atom stereocenters. The minimum Gasteiger partial charge on any atom is -0.456 e. The van der Waals surface area contributed by atoms with Gasteiger partial charge >= 0.3 is 5.97 Å². The topological polar surface area (TPSA) is 72.5 Å². The Morgan fingerprint density at radius 1 is 1.00 bits per heavy atom. The van der Waals surface area contributed by atoms with E-state index in [4.69, 9.17) is 16.3 Å². The van der Waals surface area contributed by atoms with Gasteiger partial charge in [0.15, 0.2) is 12.4 Å². The molecule has 5 nitrogen and oxygen atoms in total. The van der Waals surface area contributed by atoms with Crippen molar-refractivity contribution in [2.75, 3.05) is 11.9 Å².